The van der Waals surface area contributed by atoms with E-state index in [1.807, 2.05) is 19.1 Å². The zero-order chi connectivity index (χ0) is 19.2. The molecule has 142 valence electrons. The van der Waals surface area contributed by atoms with Gasteiger partial charge in [0.05, 0.1) is 6.61 Å². The Morgan fingerprint density at radius 2 is 2.15 bits per heavy atom. The molecule has 0 bridgehead atoms. The maximum atomic E-state index is 12.5. The van der Waals surface area contributed by atoms with Crippen molar-refractivity contribution in [1.29, 1.82) is 0 Å². The second kappa shape index (κ2) is 9.16. The predicted molar refractivity (Wildman–Crippen MR) is 101 cm³/mol. The number of nitrogens with zero attached hydrogens (tertiary/aromatic N) is 2. The summed E-state index contributed by atoms with van der Waals surface area (Å²) in [5, 5.41) is -0.725. The van der Waals surface area contributed by atoms with Crippen molar-refractivity contribution in [3.05, 3.63) is 30.1 Å². The maximum Gasteiger partial charge on any atom is 0.339 e. The average molecular weight is 378 g/mol. The minimum atomic E-state index is -0.725. The summed E-state index contributed by atoms with van der Waals surface area (Å²) in [4.78, 5) is 42.7. The van der Waals surface area contributed by atoms with Crippen molar-refractivity contribution in [3.8, 4) is 0 Å². The van der Waals surface area contributed by atoms with E-state index in [0.717, 1.165) is 12.0 Å². The van der Waals surface area contributed by atoms with Gasteiger partial charge in [-0.3, -0.25) is 14.6 Å². The molecule has 2 heterocycles. The Hall–Kier alpha value is -1.89. The predicted octanol–water partition coefficient (Wildman–Crippen LogP) is 2.46. The van der Waals surface area contributed by atoms with Crippen LogP contribution >= 0.6 is 11.8 Å². The third kappa shape index (κ3) is 5.06. The highest BCUT2D eigenvalue weighted by Gasteiger charge is 2.42. The fraction of sp³-hybridized carbons (Fsp3) is 0.579. The fourth-order valence-corrected chi connectivity index (χ4v) is 3.63. The van der Waals surface area contributed by atoms with Crippen LogP contribution in [-0.4, -0.2) is 51.8 Å². The standard InChI is InChI=1S/C19H26N2O4S/c1-4-19(2,3)15(22)16(23)21-10-12-26-17(21)18(24)25-11-6-8-14-7-5-9-20-13-14/h5,7,9,13,17H,4,6,8,10-12H2,1-3H3/t17-/m0/s1. The zero-order valence-electron chi connectivity index (χ0n) is 15.6. The number of ketones is 1. The number of esters is 1. The molecule has 0 aromatic carbocycles. The number of hydrogen-bond donors (Lipinski definition) is 0. The molecule has 0 unspecified atom stereocenters. The summed E-state index contributed by atoms with van der Waals surface area (Å²) in [5.74, 6) is -0.855. The van der Waals surface area contributed by atoms with Crippen molar-refractivity contribution >= 4 is 29.4 Å². The molecular formula is C19H26N2O4S. The van der Waals surface area contributed by atoms with Crippen LogP contribution in [0, 0.1) is 5.41 Å². The van der Waals surface area contributed by atoms with Crippen molar-refractivity contribution in [1.82, 2.24) is 9.88 Å². The Labute approximate surface area is 158 Å². The molecule has 7 heteroatoms. The number of carbonyl (C=O) groups excluding carboxylic acids is 3. The van der Waals surface area contributed by atoms with Gasteiger partial charge in [0.25, 0.3) is 5.91 Å². The third-order valence-corrected chi connectivity index (χ3v) is 5.80. The Bertz CT molecular complexity index is 648. The normalized spacial score (nSPS) is 17.2. The van der Waals surface area contributed by atoms with Crippen LogP contribution in [-0.2, 0) is 25.5 Å². The molecule has 2 rings (SSSR count). The molecule has 1 fully saturated rings. The van der Waals surface area contributed by atoms with Gasteiger partial charge in [0.15, 0.2) is 5.37 Å². The fourth-order valence-electron chi connectivity index (χ4n) is 2.52. The summed E-state index contributed by atoms with van der Waals surface area (Å²) >= 11 is 1.35. The second-order valence-electron chi connectivity index (χ2n) is 6.92. The van der Waals surface area contributed by atoms with E-state index in [2.05, 4.69) is 4.98 Å². The topological polar surface area (TPSA) is 76.6 Å². The van der Waals surface area contributed by atoms with Gasteiger partial charge in [0.2, 0.25) is 5.78 Å². The van der Waals surface area contributed by atoms with Crippen LogP contribution in [0.4, 0.5) is 0 Å². The minimum Gasteiger partial charge on any atom is -0.464 e. The van der Waals surface area contributed by atoms with Crippen molar-refractivity contribution in [2.75, 3.05) is 18.9 Å². The SMILES string of the molecule is CCC(C)(C)C(=O)C(=O)N1CCS[C@H]1C(=O)OCCCc1cccnc1. The molecule has 1 aliphatic heterocycles. The molecule has 1 atom stereocenters. The highest BCUT2D eigenvalue weighted by Crippen LogP contribution is 2.28. The first kappa shape index (κ1) is 20.4. The smallest absolute Gasteiger partial charge is 0.339 e. The number of thioether (sulfide) groups is 1. The van der Waals surface area contributed by atoms with E-state index in [1.54, 1.807) is 26.2 Å². The molecule has 1 amide bonds. The van der Waals surface area contributed by atoms with Gasteiger partial charge in [-0.15, -0.1) is 11.8 Å². The van der Waals surface area contributed by atoms with Crippen molar-refractivity contribution in [2.24, 2.45) is 5.41 Å². The minimum absolute atomic E-state index is 0.279. The van der Waals surface area contributed by atoms with Gasteiger partial charge in [-0.25, -0.2) is 4.79 Å². The van der Waals surface area contributed by atoms with Crippen LogP contribution in [0.25, 0.3) is 0 Å². The van der Waals surface area contributed by atoms with E-state index in [-0.39, 0.29) is 6.61 Å². The lowest BCUT2D eigenvalue weighted by atomic mass is 9.84. The summed E-state index contributed by atoms with van der Waals surface area (Å²) in [6, 6.07) is 3.85. The summed E-state index contributed by atoms with van der Waals surface area (Å²) < 4.78 is 5.33. The average Bonchev–Trinajstić information content (AvgIpc) is 3.14. The quantitative estimate of drug-likeness (QED) is 0.393. The van der Waals surface area contributed by atoms with Crippen LogP contribution in [0.2, 0.25) is 0 Å². The highest BCUT2D eigenvalue weighted by molar-refractivity contribution is 8.00. The highest BCUT2D eigenvalue weighted by atomic mass is 32.2. The monoisotopic (exact) mass is 378 g/mol. The molecule has 0 aliphatic carbocycles. The molecular weight excluding hydrogens is 352 g/mol. The Morgan fingerprint density at radius 1 is 1.38 bits per heavy atom. The number of hydrogen-bond acceptors (Lipinski definition) is 6. The lowest BCUT2D eigenvalue weighted by Crippen LogP contribution is -2.47. The van der Waals surface area contributed by atoms with Gasteiger partial charge in [-0.2, -0.15) is 0 Å². The van der Waals surface area contributed by atoms with E-state index in [9.17, 15) is 14.4 Å². The first-order valence-electron chi connectivity index (χ1n) is 8.89. The Morgan fingerprint density at radius 3 is 2.81 bits per heavy atom. The van der Waals surface area contributed by atoms with Gasteiger partial charge in [-0.05, 0) is 30.9 Å². The number of rotatable bonds is 8. The van der Waals surface area contributed by atoms with Crippen LogP contribution in [0.5, 0.6) is 0 Å². The molecule has 1 aliphatic rings. The largest absolute Gasteiger partial charge is 0.464 e. The molecule has 1 saturated heterocycles. The van der Waals surface area contributed by atoms with Crippen molar-refractivity contribution in [2.45, 2.75) is 45.4 Å². The first-order chi connectivity index (χ1) is 12.4. The summed E-state index contributed by atoms with van der Waals surface area (Å²) in [7, 11) is 0. The van der Waals surface area contributed by atoms with Gasteiger partial charge >= 0.3 is 5.97 Å². The third-order valence-electron chi connectivity index (χ3n) is 4.62. The maximum absolute atomic E-state index is 12.5. The number of aryl methyl sites for hydroxylation is 1. The number of pyridine rings is 1. The number of ether oxygens (including phenoxy) is 1. The van der Waals surface area contributed by atoms with E-state index in [4.69, 9.17) is 4.74 Å². The Kier molecular flexibility index (Phi) is 7.20. The summed E-state index contributed by atoms with van der Waals surface area (Å²) in [6.07, 6.45) is 5.53. The molecule has 0 saturated carbocycles. The van der Waals surface area contributed by atoms with E-state index < -0.39 is 28.4 Å². The van der Waals surface area contributed by atoms with E-state index in [0.29, 0.717) is 25.1 Å². The number of carbonyl (C=O) groups is 3. The molecule has 0 N–H and O–H groups in total. The summed E-state index contributed by atoms with van der Waals surface area (Å²) in [5.41, 5.74) is 0.366. The van der Waals surface area contributed by atoms with Crippen LogP contribution in [0.1, 0.15) is 39.2 Å². The van der Waals surface area contributed by atoms with Gasteiger partial charge < -0.3 is 9.64 Å². The van der Waals surface area contributed by atoms with E-state index >= 15 is 0 Å². The molecule has 1 aromatic rings. The number of Topliss-reactive ketones (excluding diaryl/α,β-unsaturated/α-hetero) is 1. The van der Waals surface area contributed by atoms with Crippen LogP contribution in [0.15, 0.2) is 24.5 Å². The summed E-state index contributed by atoms with van der Waals surface area (Å²) in [6.45, 7) is 6.05. The van der Waals surface area contributed by atoms with Gasteiger partial charge in [-0.1, -0.05) is 26.8 Å². The molecule has 6 nitrogen and oxygen atoms in total. The number of aromatic nitrogens is 1. The molecule has 0 spiro atoms. The van der Waals surface area contributed by atoms with E-state index in [1.165, 1.54) is 16.7 Å². The molecule has 1 aromatic heterocycles. The molecule has 0 radical (unpaired) electrons. The number of amides is 1. The van der Waals surface area contributed by atoms with Crippen molar-refractivity contribution in [3.63, 3.8) is 0 Å². The lowest BCUT2D eigenvalue weighted by molar-refractivity contribution is -0.155. The second-order valence-corrected chi connectivity index (χ2v) is 8.11. The van der Waals surface area contributed by atoms with Gasteiger partial charge in [0, 0.05) is 30.1 Å². The zero-order valence-corrected chi connectivity index (χ0v) is 16.4. The van der Waals surface area contributed by atoms with Crippen LogP contribution < -0.4 is 0 Å². The Balaban J connectivity index is 1.85. The van der Waals surface area contributed by atoms with Crippen molar-refractivity contribution < 1.29 is 19.1 Å². The first-order valence-corrected chi connectivity index (χ1v) is 9.94. The van der Waals surface area contributed by atoms with Crippen LogP contribution in [0.3, 0.4) is 0 Å². The van der Waals surface area contributed by atoms with Gasteiger partial charge in [0.1, 0.15) is 0 Å². The lowest BCUT2D eigenvalue weighted by Gasteiger charge is -2.26. The molecule has 26 heavy (non-hydrogen) atoms.